The number of nitrogens with zero attached hydrogens (tertiary/aromatic N) is 6. The summed E-state index contributed by atoms with van der Waals surface area (Å²) in [4.78, 5) is 13.6. The molecule has 41 heavy (non-hydrogen) atoms. The molecule has 0 aliphatic carbocycles. The first kappa shape index (κ1) is 29.9. The molecule has 0 saturated carbocycles. The van der Waals surface area contributed by atoms with Gasteiger partial charge in [-0.2, -0.15) is 0 Å². The van der Waals surface area contributed by atoms with E-state index in [1.54, 1.807) is 39.8 Å². The zero-order valence-electron chi connectivity index (χ0n) is 23.9. The van der Waals surface area contributed by atoms with E-state index < -0.39 is 16.8 Å². The highest BCUT2D eigenvalue weighted by molar-refractivity contribution is 8.16. The molecule has 0 saturated heterocycles. The van der Waals surface area contributed by atoms with E-state index in [0.717, 1.165) is 5.56 Å². The van der Waals surface area contributed by atoms with Crippen molar-refractivity contribution in [2.24, 2.45) is 0 Å². The van der Waals surface area contributed by atoms with E-state index in [0.29, 0.717) is 46.4 Å². The van der Waals surface area contributed by atoms with Gasteiger partial charge in [0.05, 0.1) is 34.5 Å². The van der Waals surface area contributed by atoms with Crippen molar-refractivity contribution in [2.45, 2.75) is 32.1 Å². The van der Waals surface area contributed by atoms with E-state index in [9.17, 15) is 5.11 Å². The highest BCUT2D eigenvalue weighted by atomic mass is 32.2. The fourth-order valence-electron chi connectivity index (χ4n) is 4.19. The lowest BCUT2D eigenvalue weighted by atomic mass is 10.2. The number of methoxy groups -OCH3 is 3. The number of ether oxygens (including phenoxy) is 4. The Morgan fingerprint density at radius 2 is 1.68 bits per heavy atom. The van der Waals surface area contributed by atoms with Crippen LogP contribution in [0.25, 0.3) is 17.2 Å². The predicted octanol–water partition coefficient (Wildman–Crippen LogP) is 4.01. The van der Waals surface area contributed by atoms with E-state index >= 15 is 0 Å². The van der Waals surface area contributed by atoms with Crippen LogP contribution in [-0.4, -0.2) is 80.0 Å². The number of nitrogens with one attached hydrogen (secondary N) is 1. The summed E-state index contributed by atoms with van der Waals surface area (Å²) in [5.41, 5.74) is 2.09. The van der Waals surface area contributed by atoms with Gasteiger partial charge >= 0.3 is 0 Å². The number of aryl methyl sites for hydroxylation is 1. The Labute approximate surface area is 241 Å². The van der Waals surface area contributed by atoms with Gasteiger partial charge in [-0.3, -0.25) is 4.57 Å². The number of benzene rings is 1. The zero-order chi connectivity index (χ0) is 29.4. The quantitative estimate of drug-likeness (QED) is 0.221. The largest absolute Gasteiger partial charge is 0.494 e. The van der Waals surface area contributed by atoms with Gasteiger partial charge in [0, 0.05) is 23.7 Å². The topological polar surface area (TPSA) is 139 Å². The molecule has 12 nitrogen and oxygen atoms in total. The number of para-hydroxylation sites is 1. The first-order valence-electron chi connectivity index (χ1n) is 12.9. The third-order valence-corrected chi connectivity index (χ3v) is 8.16. The van der Waals surface area contributed by atoms with Crippen LogP contribution in [0.4, 0.5) is 5.95 Å². The second-order valence-electron chi connectivity index (χ2n) is 8.81. The Hall–Kier alpha value is -4.07. The maximum absolute atomic E-state index is 9.48. The number of aromatic nitrogens is 6. The number of rotatable bonds is 13. The van der Waals surface area contributed by atoms with Crippen LogP contribution < -0.4 is 18.9 Å². The Bertz CT molecular complexity index is 1460. The average molecular weight is 582 g/mol. The molecule has 3 atom stereocenters. The smallest absolute Gasteiger partial charge is 0.239 e. The van der Waals surface area contributed by atoms with Crippen molar-refractivity contribution in [3.8, 4) is 34.6 Å². The van der Waals surface area contributed by atoms with Crippen molar-refractivity contribution in [1.29, 1.82) is 0 Å². The molecular formula is C28H35N7O5S. The van der Waals surface area contributed by atoms with Crippen LogP contribution in [0.15, 0.2) is 48.8 Å². The maximum atomic E-state index is 9.48. The molecule has 0 radical (unpaired) electrons. The second-order valence-corrected chi connectivity index (χ2v) is 11.0. The van der Waals surface area contributed by atoms with Gasteiger partial charge < -0.3 is 28.8 Å². The Kier molecular flexibility index (Phi) is 10.2. The van der Waals surface area contributed by atoms with Crippen molar-refractivity contribution in [3.05, 3.63) is 60.2 Å². The van der Waals surface area contributed by atoms with Crippen molar-refractivity contribution >= 4 is 22.0 Å². The molecule has 0 aliphatic heterocycles. The maximum Gasteiger partial charge on any atom is 0.239 e. The van der Waals surface area contributed by atoms with E-state index in [4.69, 9.17) is 18.9 Å². The van der Waals surface area contributed by atoms with Gasteiger partial charge in [-0.05, 0) is 49.9 Å². The number of pyridine rings is 1. The van der Waals surface area contributed by atoms with Gasteiger partial charge in [-0.1, -0.05) is 22.8 Å². The third-order valence-electron chi connectivity index (χ3n) is 6.18. The molecule has 218 valence electrons. The summed E-state index contributed by atoms with van der Waals surface area (Å²) in [7, 11) is 4.12. The van der Waals surface area contributed by atoms with Gasteiger partial charge in [0.1, 0.15) is 29.0 Å². The molecule has 1 unspecified atom stereocenters. The van der Waals surface area contributed by atoms with Crippen LogP contribution in [0.2, 0.25) is 0 Å². The average Bonchev–Trinajstić information content (AvgIpc) is 3.43. The highest BCUT2D eigenvalue weighted by Crippen LogP contribution is 2.40. The summed E-state index contributed by atoms with van der Waals surface area (Å²) in [6, 6.07) is 11.0. The summed E-state index contributed by atoms with van der Waals surface area (Å²) in [6.45, 7) is 5.95. The third kappa shape index (κ3) is 6.64. The zero-order valence-corrected chi connectivity index (χ0v) is 24.8. The molecule has 0 amide bonds. The number of anilines is 1. The molecule has 4 aromatic rings. The molecule has 0 bridgehead atoms. The van der Waals surface area contributed by atoms with Gasteiger partial charge in [0.25, 0.3) is 0 Å². The number of aliphatic hydroxyl groups excluding tert-OH is 1. The molecular weight excluding hydrogens is 546 g/mol. The molecule has 4 rings (SSSR count). The van der Waals surface area contributed by atoms with Gasteiger partial charge in [0.2, 0.25) is 11.8 Å². The van der Waals surface area contributed by atoms with E-state index in [2.05, 4.69) is 29.9 Å². The van der Waals surface area contributed by atoms with Gasteiger partial charge in [0.15, 0.2) is 11.6 Å². The fraction of sp³-hybridized carbons (Fsp3) is 0.357. The lowest BCUT2D eigenvalue weighted by molar-refractivity contribution is 0.0240. The Morgan fingerprint density at radius 3 is 2.29 bits per heavy atom. The number of hydrogen-bond acceptors (Lipinski definition) is 11. The minimum Gasteiger partial charge on any atom is -0.494 e. The summed E-state index contributed by atoms with van der Waals surface area (Å²) in [5.74, 6) is 2.98. The van der Waals surface area contributed by atoms with Crippen LogP contribution in [0.1, 0.15) is 31.3 Å². The molecule has 0 aliphatic rings. The molecule has 0 fully saturated rings. The molecule has 2 N–H and O–H groups in total. The molecule has 3 heterocycles. The molecule has 1 aromatic carbocycles. The summed E-state index contributed by atoms with van der Waals surface area (Å²) < 4.78 is 28.3. The fourth-order valence-corrected chi connectivity index (χ4v) is 5.73. The second kappa shape index (κ2) is 14.0. The number of aliphatic hydroxyl groups is 1. The first-order valence-corrected chi connectivity index (χ1v) is 14.3. The van der Waals surface area contributed by atoms with Crippen LogP contribution >= 0.6 is 10.7 Å². The SMILES string of the molecule is C/C=S(\Nc1nnc(-c2cccc(OC)n2)n1-c1c(OC)cccc1OC)[C@H](C)[C@@H](OCCO)c1ncc(C)cn1. The highest BCUT2D eigenvalue weighted by Gasteiger charge is 2.28. The van der Waals surface area contributed by atoms with Gasteiger partial charge in [-0.25, -0.2) is 15.0 Å². The Balaban J connectivity index is 1.83. The van der Waals surface area contributed by atoms with Crippen LogP contribution in [0.3, 0.4) is 0 Å². The standard InChI is InChI=1S/C28H35N7O5S/c1-7-41(19(3)25(40-15-14-36)26-29-16-18(2)17-30-26)34-28-33-32-27(20-10-8-13-23(31-20)39-6)35(28)24-21(37-4)11-9-12-22(24)38-5/h7-13,16-17,19,25,36H,14-15H2,1-6H3,(H,33,34)/t19-,25-,41?/m1/s1. The Morgan fingerprint density at radius 1 is 1.00 bits per heavy atom. The summed E-state index contributed by atoms with van der Waals surface area (Å²) >= 11 is 0. The van der Waals surface area contributed by atoms with Gasteiger partial charge in [-0.15, -0.1) is 10.2 Å². The molecule has 0 spiro atoms. The normalized spacial score (nSPS) is 13.4. The minimum atomic E-state index is -0.628. The number of hydrogen-bond donors (Lipinski definition) is 2. The van der Waals surface area contributed by atoms with E-state index in [1.165, 1.54) is 0 Å². The van der Waals surface area contributed by atoms with E-state index in [-0.39, 0.29) is 18.5 Å². The van der Waals surface area contributed by atoms with Crippen LogP contribution in [-0.2, 0) is 4.74 Å². The summed E-state index contributed by atoms with van der Waals surface area (Å²) in [5, 5.41) is 20.4. The van der Waals surface area contributed by atoms with Crippen molar-refractivity contribution in [1.82, 2.24) is 29.7 Å². The van der Waals surface area contributed by atoms with Crippen molar-refractivity contribution in [3.63, 3.8) is 0 Å². The monoisotopic (exact) mass is 581 g/mol. The lowest BCUT2D eigenvalue weighted by Gasteiger charge is -2.27. The molecule has 13 heteroatoms. The van der Waals surface area contributed by atoms with E-state index in [1.807, 2.05) is 61.0 Å². The van der Waals surface area contributed by atoms with Crippen LogP contribution in [0.5, 0.6) is 17.4 Å². The lowest BCUT2D eigenvalue weighted by Crippen LogP contribution is -2.23. The van der Waals surface area contributed by atoms with Crippen molar-refractivity contribution < 1.29 is 24.1 Å². The minimum absolute atomic E-state index is 0.120. The van der Waals surface area contributed by atoms with Crippen LogP contribution in [0, 0.1) is 6.92 Å². The summed E-state index contributed by atoms with van der Waals surface area (Å²) in [6.07, 6.45) is 3.01. The predicted molar refractivity (Wildman–Crippen MR) is 159 cm³/mol. The van der Waals surface area contributed by atoms with Crippen molar-refractivity contribution in [2.75, 3.05) is 39.3 Å². The first-order chi connectivity index (χ1) is 19.9. The molecule has 3 aromatic heterocycles.